The second kappa shape index (κ2) is 5.35. The van der Waals surface area contributed by atoms with Crippen LogP contribution in [0.4, 0.5) is 10.8 Å². The number of nitrogens with two attached hydrogens (primary N) is 1. The highest BCUT2D eigenvalue weighted by atomic mass is 32.1. The molecule has 2 aromatic rings. The van der Waals surface area contributed by atoms with E-state index in [-0.39, 0.29) is 12.0 Å². The first-order valence-electron chi connectivity index (χ1n) is 6.32. The summed E-state index contributed by atoms with van der Waals surface area (Å²) in [6.45, 7) is 2.83. The van der Waals surface area contributed by atoms with Crippen LogP contribution in [0.25, 0.3) is 10.2 Å². The SMILES string of the molecule is CC(OC1COC1)C(=O)Nc1nc2ccc(N)cc2s1. The Morgan fingerprint density at radius 1 is 1.60 bits per heavy atom. The number of nitrogens with zero attached hydrogens (tertiary/aromatic N) is 1. The number of fused-ring (bicyclic) bond motifs is 1. The van der Waals surface area contributed by atoms with Crippen LogP contribution in [0.3, 0.4) is 0 Å². The van der Waals surface area contributed by atoms with Gasteiger partial charge < -0.3 is 15.2 Å². The van der Waals surface area contributed by atoms with Crippen molar-refractivity contribution in [2.75, 3.05) is 24.3 Å². The molecule has 1 unspecified atom stereocenters. The minimum atomic E-state index is -0.527. The molecule has 3 rings (SSSR count). The van der Waals surface area contributed by atoms with Crippen LogP contribution < -0.4 is 11.1 Å². The maximum atomic E-state index is 12.0. The number of carbonyl (C=O) groups is 1. The number of nitrogen functional groups attached to an aromatic ring is 1. The van der Waals surface area contributed by atoms with E-state index in [1.165, 1.54) is 11.3 Å². The van der Waals surface area contributed by atoms with Crippen molar-refractivity contribution in [3.63, 3.8) is 0 Å². The fourth-order valence-electron chi connectivity index (χ4n) is 1.84. The summed E-state index contributed by atoms with van der Waals surface area (Å²) < 4.78 is 11.5. The molecule has 3 N–H and O–H groups in total. The second-order valence-electron chi connectivity index (χ2n) is 4.67. The van der Waals surface area contributed by atoms with Crippen LogP contribution in [0.2, 0.25) is 0 Å². The lowest BCUT2D eigenvalue weighted by Crippen LogP contribution is -2.41. The van der Waals surface area contributed by atoms with Crippen LogP contribution in [-0.2, 0) is 14.3 Å². The Labute approximate surface area is 119 Å². The van der Waals surface area contributed by atoms with Crippen LogP contribution in [-0.4, -0.2) is 36.3 Å². The van der Waals surface area contributed by atoms with Crippen molar-refractivity contribution < 1.29 is 14.3 Å². The number of rotatable bonds is 4. The van der Waals surface area contributed by atoms with Gasteiger partial charge in [-0.3, -0.25) is 10.1 Å². The van der Waals surface area contributed by atoms with Crippen molar-refractivity contribution in [1.29, 1.82) is 0 Å². The molecule has 1 aliphatic heterocycles. The second-order valence-corrected chi connectivity index (χ2v) is 5.70. The van der Waals surface area contributed by atoms with Gasteiger partial charge in [0.25, 0.3) is 5.91 Å². The summed E-state index contributed by atoms with van der Waals surface area (Å²) in [5.74, 6) is -0.205. The minimum Gasteiger partial charge on any atom is -0.399 e. The maximum Gasteiger partial charge on any atom is 0.255 e. The van der Waals surface area contributed by atoms with Crippen molar-refractivity contribution in [1.82, 2.24) is 4.98 Å². The molecule has 6 nitrogen and oxygen atoms in total. The van der Waals surface area contributed by atoms with E-state index in [1.807, 2.05) is 12.1 Å². The van der Waals surface area contributed by atoms with Crippen molar-refractivity contribution in [3.05, 3.63) is 18.2 Å². The highest BCUT2D eigenvalue weighted by Gasteiger charge is 2.25. The van der Waals surface area contributed by atoms with Crippen molar-refractivity contribution in [3.8, 4) is 0 Å². The summed E-state index contributed by atoms with van der Waals surface area (Å²) >= 11 is 1.39. The van der Waals surface area contributed by atoms with Gasteiger partial charge in [0.2, 0.25) is 0 Å². The van der Waals surface area contributed by atoms with Crippen LogP contribution in [0.15, 0.2) is 18.2 Å². The number of amides is 1. The molecule has 2 heterocycles. The molecule has 0 bridgehead atoms. The Hall–Kier alpha value is -1.70. The Morgan fingerprint density at radius 3 is 3.10 bits per heavy atom. The molecule has 7 heteroatoms. The monoisotopic (exact) mass is 293 g/mol. The number of nitrogens with one attached hydrogen (secondary N) is 1. The number of thiazole rings is 1. The molecule has 1 saturated heterocycles. The predicted octanol–water partition coefficient (Wildman–Crippen LogP) is 1.62. The summed E-state index contributed by atoms with van der Waals surface area (Å²) in [5, 5.41) is 3.32. The van der Waals surface area contributed by atoms with Gasteiger partial charge in [-0.15, -0.1) is 0 Å². The fraction of sp³-hybridized carbons (Fsp3) is 0.385. The van der Waals surface area contributed by atoms with E-state index >= 15 is 0 Å². The lowest BCUT2D eigenvalue weighted by molar-refractivity contribution is -0.161. The highest BCUT2D eigenvalue weighted by Crippen LogP contribution is 2.27. The van der Waals surface area contributed by atoms with Gasteiger partial charge in [0.05, 0.1) is 23.4 Å². The fourth-order valence-corrected chi connectivity index (χ4v) is 2.76. The summed E-state index contributed by atoms with van der Waals surface area (Å²) in [6.07, 6.45) is -0.508. The molecule has 0 spiro atoms. The molecule has 106 valence electrons. The van der Waals surface area contributed by atoms with E-state index in [2.05, 4.69) is 10.3 Å². The first-order chi connectivity index (χ1) is 9.61. The summed E-state index contributed by atoms with van der Waals surface area (Å²) in [7, 11) is 0. The molecule has 1 aromatic heterocycles. The van der Waals surface area contributed by atoms with Crippen LogP contribution in [0.1, 0.15) is 6.92 Å². The van der Waals surface area contributed by atoms with Crippen LogP contribution >= 0.6 is 11.3 Å². The third-order valence-corrected chi connectivity index (χ3v) is 3.95. The normalized spacial score (nSPS) is 16.9. The van der Waals surface area contributed by atoms with Crippen LogP contribution in [0.5, 0.6) is 0 Å². The van der Waals surface area contributed by atoms with Gasteiger partial charge in [-0.1, -0.05) is 11.3 Å². The number of anilines is 2. The molecule has 1 atom stereocenters. The van der Waals surface area contributed by atoms with E-state index in [0.717, 1.165) is 10.2 Å². The third-order valence-electron chi connectivity index (χ3n) is 3.02. The topological polar surface area (TPSA) is 86.5 Å². The number of carbonyl (C=O) groups excluding carboxylic acids is 1. The van der Waals surface area contributed by atoms with E-state index in [1.54, 1.807) is 13.0 Å². The Kier molecular flexibility index (Phi) is 3.56. The van der Waals surface area contributed by atoms with E-state index in [4.69, 9.17) is 15.2 Å². The maximum absolute atomic E-state index is 12.0. The Balaban J connectivity index is 1.66. The number of hydrogen-bond donors (Lipinski definition) is 2. The molecule has 0 aliphatic carbocycles. The zero-order valence-electron chi connectivity index (χ0n) is 11.0. The van der Waals surface area contributed by atoms with Gasteiger partial charge in [0.1, 0.15) is 12.2 Å². The van der Waals surface area contributed by atoms with Gasteiger partial charge in [-0.2, -0.15) is 0 Å². The smallest absolute Gasteiger partial charge is 0.255 e. The zero-order valence-corrected chi connectivity index (χ0v) is 11.8. The molecule has 0 saturated carbocycles. The average molecular weight is 293 g/mol. The zero-order chi connectivity index (χ0) is 14.1. The van der Waals surface area contributed by atoms with Crippen molar-refractivity contribution >= 4 is 38.3 Å². The number of benzene rings is 1. The Morgan fingerprint density at radius 2 is 2.40 bits per heavy atom. The standard InChI is InChI=1S/C13H15N3O3S/c1-7(19-9-5-18-6-9)12(17)16-13-15-10-3-2-8(14)4-11(10)20-13/h2-4,7,9H,5-6,14H2,1H3,(H,15,16,17). The van der Waals surface area contributed by atoms with Gasteiger partial charge in [-0.25, -0.2) is 4.98 Å². The molecule has 0 radical (unpaired) electrons. The van der Waals surface area contributed by atoms with Gasteiger partial charge in [0, 0.05) is 5.69 Å². The molecule has 1 amide bonds. The number of hydrogen-bond acceptors (Lipinski definition) is 6. The van der Waals surface area contributed by atoms with E-state index in [0.29, 0.717) is 24.0 Å². The molecule has 1 fully saturated rings. The lowest BCUT2D eigenvalue weighted by Gasteiger charge is -2.28. The van der Waals surface area contributed by atoms with E-state index < -0.39 is 6.10 Å². The number of aromatic nitrogens is 1. The van der Waals surface area contributed by atoms with Crippen LogP contribution in [0, 0.1) is 0 Å². The summed E-state index contributed by atoms with van der Waals surface area (Å²) in [4.78, 5) is 16.3. The van der Waals surface area contributed by atoms with Gasteiger partial charge in [-0.05, 0) is 25.1 Å². The Bertz CT molecular complexity index is 639. The number of ether oxygens (including phenoxy) is 2. The van der Waals surface area contributed by atoms with Gasteiger partial charge in [0.15, 0.2) is 5.13 Å². The largest absolute Gasteiger partial charge is 0.399 e. The average Bonchev–Trinajstić information content (AvgIpc) is 2.74. The molecular weight excluding hydrogens is 278 g/mol. The molecular formula is C13H15N3O3S. The van der Waals surface area contributed by atoms with Crippen molar-refractivity contribution in [2.24, 2.45) is 0 Å². The predicted molar refractivity (Wildman–Crippen MR) is 77.8 cm³/mol. The summed E-state index contributed by atoms with van der Waals surface area (Å²) in [5.41, 5.74) is 7.22. The molecule has 1 aliphatic rings. The summed E-state index contributed by atoms with van der Waals surface area (Å²) in [6, 6.07) is 5.47. The molecule has 20 heavy (non-hydrogen) atoms. The molecule has 1 aromatic carbocycles. The first kappa shape index (κ1) is 13.3. The highest BCUT2D eigenvalue weighted by molar-refractivity contribution is 7.22. The van der Waals surface area contributed by atoms with Crippen molar-refractivity contribution in [2.45, 2.75) is 19.1 Å². The lowest BCUT2D eigenvalue weighted by atomic mass is 10.3. The third kappa shape index (κ3) is 2.74. The van der Waals surface area contributed by atoms with Gasteiger partial charge >= 0.3 is 0 Å². The van der Waals surface area contributed by atoms with E-state index in [9.17, 15) is 4.79 Å². The first-order valence-corrected chi connectivity index (χ1v) is 7.13. The minimum absolute atomic E-state index is 0.0194. The quantitative estimate of drug-likeness (QED) is 0.837.